The molecule has 29 heavy (non-hydrogen) atoms. The number of rotatable bonds is 10. The van der Waals surface area contributed by atoms with E-state index in [1.54, 1.807) is 24.3 Å². The van der Waals surface area contributed by atoms with E-state index in [4.69, 9.17) is 5.73 Å². The highest BCUT2D eigenvalue weighted by Crippen LogP contribution is 2.07. The van der Waals surface area contributed by atoms with Gasteiger partial charge in [0.2, 0.25) is 11.8 Å². The van der Waals surface area contributed by atoms with E-state index in [-0.39, 0.29) is 18.6 Å². The second kappa shape index (κ2) is 11.2. The number of carbonyl (C=O) groups excluding carboxylic acids is 2. The van der Waals surface area contributed by atoms with Crippen LogP contribution in [0, 0.1) is 0 Å². The van der Waals surface area contributed by atoms with Crippen molar-refractivity contribution < 1.29 is 19.5 Å². The summed E-state index contributed by atoms with van der Waals surface area (Å²) in [5.41, 5.74) is 7.30. The quantitative estimate of drug-likeness (QED) is 0.367. The molecule has 0 unspecified atom stereocenters. The van der Waals surface area contributed by atoms with Crippen LogP contribution in [0.4, 0.5) is 0 Å². The third-order valence-electron chi connectivity index (χ3n) is 4.35. The zero-order chi connectivity index (χ0) is 21.2. The molecule has 2 rings (SSSR count). The lowest BCUT2D eigenvalue weighted by Gasteiger charge is -2.23. The highest BCUT2D eigenvalue weighted by atomic mass is 32.1. The SMILES string of the molecule is N[C@@H](CS)C(=O)N[C@@H](Cc1ccccc1)C(=O)N[C@@H](Cc1ccccc1)C(=O)O. The number of carboxylic acid groups (broad SMARTS) is 1. The number of hydrogen-bond acceptors (Lipinski definition) is 5. The number of carboxylic acids is 1. The van der Waals surface area contributed by atoms with Crippen LogP contribution in [-0.2, 0) is 27.2 Å². The normalized spacial score (nSPS) is 13.7. The highest BCUT2D eigenvalue weighted by Gasteiger charge is 2.28. The summed E-state index contributed by atoms with van der Waals surface area (Å²) in [4.78, 5) is 36.7. The standard InChI is InChI=1S/C21H25N3O4S/c22-16(13-29)19(25)23-17(11-14-7-3-1-4-8-14)20(26)24-18(21(27)28)12-15-9-5-2-6-10-15/h1-10,16-18,29H,11-13,22H2,(H,23,25)(H,24,26)(H,27,28)/t16-,17-,18-/m0/s1. The van der Waals surface area contributed by atoms with Crippen LogP contribution in [0.25, 0.3) is 0 Å². The van der Waals surface area contributed by atoms with Gasteiger partial charge in [-0.15, -0.1) is 0 Å². The molecule has 2 aromatic carbocycles. The molecule has 0 fully saturated rings. The maximum Gasteiger partial charge on any atom is 0.326 e. The predicted molar refractivity (Wildman–Crippen MR) is 114 cm³/mol. The first kappa shape index (κ1) is 22.4. The van der Waals surface area contributed by atoms with E-state index >= 15 is 0 Å². The monoisotopic (exact) mass is 415 g/mol. The van der Waals surface area contributed by atoms with Crippen LogP contribution in [-0.4, -0.2) is 46.8 Å². The van der Waals surface area contributed by atoms with Crippen molar-refractivity contribution in [2.24, 2.45) is 5.73 Å². The van der Waals surface area contributed by atoms with Gasteiger partial charge in [-0.3, -0.25) is 9.59 Å². The molecule has 154 valence electrons. The number of nitrogens with two attached hydrogens (primary N) is 1. The fourth-order valence-corrected chi connectivity index (χ4v) is 2.91. The van der Waals surface area contributed by atoms with E-state index in [0.29, 0.717) is 0 Å². The van der Waals surface area contributed by atoms with Crippen molar-refractivity contribution in [2.75, 3.05) is 5.75 Å². The summed E-state index contributed by atoms with van der Waals surface area (Å²) in [7, 11) is 0. The summed E-state index contributed by atoms with van der Waals surface area (Å²) < 4.78 is 0. The summed E-state index contributed by atoms with van der Waals surface area (Å²) in [6.45, 7) is 0. The Morgan fingerprint density at radius 1 is 0.828 bits per heavy atom. The Hall–Kier alpha value is -2.84. The molecule has 8 heteroatoms. The van der Waals surface area contributed by atoms with Gasteiger partial charge in [0.1, 0.15) is 12.1 Å². The van der Waals surface area contributed by atoms with Gasteiger partial charge in [-0.2, -0.15) is 12.6 Å². The fourth-order valence-electron chi connectivity index (χ4n) is 2.74. The minimum Gasteiger partial charge on any atom is -0.480 e. The van der Waals surface area contributed by atoms with Gasteiger partial charge in [0, 0.05) is 18.6 Å². The molecule has 0 heterocycles. The Labute approximate surface area is 175 Å². The number of amides is 2. The van der Waals surface area contributed by atoms with Gasteiger partial charge in [-0.1, -0.05) is 60.7 Å². The summed E-state index contributed by atoms with van der Waals surface area (Å²) in [5.74, 6) is -2.14. The van der Waals surface area contributed by atoms with Crippen LogP contribution in [0.5, 0.6) is 0 Å². The largest absolute Gasteiger partial charge is 0.480 e. The molecule has 0 radical (unpaired) electrons. The molecule has 0 aliphatic heterocycles. The number of thiol groups is 1. The van der Waals surface area contributed by atoms with Gasteiger partial charge < -0.3 is 21.5 Å². The van der Waals surface area contributed by atoms with Gasteiger partial charge >= 0.3 is 5.97 Å². The zero-order valence-electron chi connectivity index (χ0n) is 15.8. The number of aliphatic carboxylic acids is 1. The topological polar surface area (TPSA) is 122 Å². The van der Waals surface area contributed by atoms with Gasteiger partial charge in [-0.05, 0) is 11.1 Å². The average Bonchev–Trinajstić information content (AvgIpc) is 2.73. The molecule has 0 aromatic heterocycles. The molecule has 2 aromatic rings. The molecule has 0 saturated heterocycles. The first-order valence-corrected chi connectivity index (χ1v) is 9.81. The summed E-state index contributed by atoms with van der Waals surface area (Å²) >= 11 is 4.00. The van der Waals surface area contributed by atoms with E-state index in [0.717, 1.165) is 11.1 Å². The van der Waals surface area contributed by atoms with Crippen LogP contribution in [0.2, 0.25) is 0 Å². The minimum atomic E-state index is -1.15. The van der Waals surface area contributed by atoms with Gasteiger partial charge in [0.05, 0.1) is 6.04 Å². The third-order valence-corrected chi connectivity index (χ3v) is 4.74. The molecule has 0 saturated carbocycles. The Kier molecular flexibility index (Phi) is 8.69. The Balaban J connectivity index is 2.15. The van der Waals surface area contributed by atoms with Crippen LogP contribution >= 0.6 is 12.6 Å². The lowest BCUT2D eigenvalue weighted by atomic mass is 10.0. The average molecular weight is 416 g/mol. The maximum atomic E-state index is 12.9. The second-order valence-electron chi connectivity index (χ2n) is 6.63. The van der Waals surface area contributed by atoms with Crippen molar-refractivity contribution >= 4 is 30.4 Å². The Morgan fingerprint density at radius 2 is 1.28 bits per heavy atom. The fraction of sp³-hybridized carbons (Fsp3) is 0.286. The van der Waals surface area contributed by atoms with E-state index < -0.39 is 35.9 Å². The Morgan fingerprint density at radius 3 is 1.72 bits per heavy atom. The smallest absolute Gasteiger partial charge is 0.326 e. The lowest BCUT2D eigenvalue weighted by molar-refractivity contribution is -0.142. The molecule has 0 aliphatic rings. The van der Waals surface area contributed by atoms with Crippen LogP contribution in [0.3, 0.4) is 0 Å². The molecule has 0 aliphatic carbocycles. The van der Waals surface area contributed by atoms with Crippen LogP contribution in [0.1, 0.15) is 11.1 Å². The van der Waals surface area contributed by atoms with E-state index in [2.05, 4.69) is 23.3 Å². The van der Waals surface area contributed by atoms with E-state index in [9.17, 15) is 19.5 Å². The maximum absolute atomic E-state index is 12.9. The van der Waals surface area contributed by atoms with Crippen molar-refractivity contribution in [1.29, 1.82) is 0 Å². The molecule has 3 atom stereocenters. The number of nitrogens with one attached hydrogen (secondary N) is 2. The molecule has 0 spiro atoms. The molecule has 7 nitrogen and oxygen atoms in total. The van der Waals surface area contributed by atoms with Crippen LogP contribution in [0.15, 0.2) is 60.7 Å². The van der Waals surface area contributed by atoms with Crippen molar-refractivity contribution in [3.8, 4) is 0 Å². The molecule has 5 N–H and O–H groups in total. The second-order valence-corrected chi connectivity index (χ2v) is 6.99. The van der Waals surface area contributed by atoms with Gasteiger partial charge in [-0.25, -0.2) is 4.79 Å². The van der Waals surface area contributed by atoms with Gasteiger partial charge in [0.15, 0.2) is 0 Å². The number of benzene rings is 2. The minimum absolute atomic E-state index is 0.122. The Bertz CT molecular complexity index is 817. The molecular formula is C21H25N3O4S. The number of hydrogen-bond donors (Lipinski definition) is 5. The molecule has 2 amide bonds. The first-order valence-electron chi connectivity index (χ1n) is 9.18. The van der Waals surface area contributed by atoms with Crippen LogP contribution < -0.4 is 16.4 Å². The third kappa shape index (κ3) is 7.24. The lowest BCUT2D eigenvalue weighted by Crippen LogP contribution is -2.55. The summed E-state index contributed by atoms with van der Waals surface area (Å²) in [5, 5.41) is 14.7. The molecular weight excluding hydrogens is 390 g/mol. The van der Waals surface area contributed by atoms with Crippen molar-refractivity contribution in [1.82, 2.24) is 10.6 Å². The first-order chi connectivity index (χ1) is 13.9. The van der Waals surface area contributed by atoms with Crippen molar-refractivity contribution in [3.05, 3.63) is 71.8 Å². The summed E-state index contributed by atoms with van der Waals surface area (Å²) in [6, 6.07) is 15.2. The highest BCUT2D eigenvalue weighted by molar-refractivity contribution is 7.80. The summed E-state index contributed by atoms with van der Waals surface area (Å²) in [6.07, 6.45) is 0.333. The van der Waals surface area contributed by atoms with E-state index in [1.807, 2.05) is 36.4 Å². The van der Waals surface area contributed by atoms with Crippen molar-refractivity contribution in [2.45, 2.75) is 31.0 Å². The van der Waals surface area contributed by atoms with E-state index in [1.165, 1.54) is 0 Å². The predicted octanol–water partition coefficient (Wildman–Crippen LogP) is 0.783. The molecule has 0 bridgehead atoms. The van der Waals surface area contributed by atoms with Crippen molar-refractivity contribution in [3.63, 3.8) is 0 Å². The van der Waals surface area contributed by atoms with Gasteiger partial charge in [0.25, 0.3) is 0 Å². The zero-order valence-corrected chi connectivity index (χ0v) is 16.7. The number of carbonyl (C=O) groups is 3.